The van der Waals surface area contributed by atoms with Crippen LogP contribution in [0.3, 0.4) is 0 Å². The van der Waals surface area contributed by atoms with E-state index in [9.17, 15) is 0 Å². The topological polar surface area (TPSA) is 82.2 Å². The van der Waals surface area contributed by atoms with Gasteiger partial charge in [-0.25, -0.2) is 14.2 Å². The predicted molar refractivity (Wildman–Crippen MR) is 107 cm³/mol. The lowest BCUT2D eigenvalue weighted by Crippen LogP contribution is -2.30. The van der Waals surface area contributed by atoms with Crippen molar-refractivity contribution in [2.45, 2.75) is 37.8 Å². The van der Waals surface area contributed by atoms with Crippen molar-refractivity contribution in [2.75, 3.05) is 12.4 Å². The summed E-state index contributed by atoms with van der Waals surface area (Å²) in [6, 6.07) is 8.63. The van der Waals surface area contributed by atoms with Crippen LogP contribution < -0.4 is 5.32 Å². The van der Waals surface area contributed by atoms with Crippen molar-refractivity contribution in [2.24, 2.45) is 7.05 Å². The summed E-state index contributed by atoms with van der Waals surface area (Å²) in [5, 5.41) is 16.4. The lowest BCUT2D eigenvalue weighted by atomic mass is 9.93. The third-order valence-electron chi connectivity index (χ3n) is 5.68. The smallest absolute Gasteiger partial charge is 0.241 e. The number of aryl methyl sites for hydroxylation is 1. The largest absolute Gasteiger partial charge is 0.381 e. The second-order valence-corrected chi connectivity index (χ2v) is 7.41. The van der Waals surface area contributed by atoms with Crippen LogP contribution in [-0.2, 0) is 11.8 Å². The molecule has 1 fully saturated rings. The molecule has 8 nitrogen and oxygen atoms in total. The Balaban J connectivity index is 1.41. The molecule has 3 aromatic heterocycles. The van der Waals surface area contributed by atoms with Gasteiger partial charge < -0.3 is 10.1 Å². The van der Waals surface area contributed by atoms with Gasteiger partial charge in [0.1, 0.15) is 5.52 Å². The van der Waals surface area contributed by atoms with E-state index in [0.717, 1.165) is 53.4 Å². The monoisotopic (exact) mass is 377 g/mol. The summed E-state index contributed by atoms with van der Waals surface area (Å²) >= 11 is 0. The number of aromatic nitrogens is 6. The molecule has 0 aliphatic heterocycles. The van der Waals surface area contributed by atoms with Gasteiger partial charge in [0.05, 0.1) is 23.3 Å². The van der Waals surface area contributed by atoms with Crippen LogP contribution in [0.1, 0.15) is 25.7 Å². The minimum Gasteiger partial charge on any atom is -0.381 e. The van der Waals surface area contributed by atoms with Crippen molar-refractivity contribution in [3.8, 4) is 11.1 Å². The Morgan fingerprint density at radius 2 is 1.96 bits per heavy atom. The van der Waals surface area contributed by atoms with Crippen LogP contribution in [-0.4, -0.2) is 48.8 Å². The molecule has 144 valence electrons. The highest BCUT2D eigenvalue weighted by Crippen LogP contribution is 2.28. The van der Waals surface area contributed by atoms with E-state index in [2.05, 4.69) is 43.9 Å². The van der Waals surface area contributed by atoms with Crippen LogP contribution in [0.4, 0.5) is 5.95 Å². The highest BCUT2D eigenvalue weighted by atomic mass is 16.5. The summed E-state index contributed by atoms with van der Waals surface area (Å²) in [5.74, 6) is 0.668. The number of anilines is 1. The summed E-state index contributed by atoms with van der Waals surface area (Å²) in [6.45, 7) is 0. The maximum absolute atomic E-state index is 5.45. The molecule has 4 aromatic rings. The van der Waals surface area contributed by atoms with Gasteiger partial charge in [0.2, 0.25) is 5.95 Å². The van der Waals surface area contributed by atoms with Gasteiger partial charge in [-0.15, -0.1) is 10.2 Å². The maximum atomic E-state index is 5.45. The van der Waals surface area contributed by atoms with E-state index in [1.807, 2.05) is 30.0 Å². The predicted octanol–water partition coefficient (Wildman–Crippen LogP) is 3.05. The maximum Gasteiger partial charge on any atom is 0.241 e. The molecule has 5 rings (SSSR count). The Kier molecular flexibility index (Phi) is 4.20. The third-order valence-corrected chi connectivity index (χ3v) is 5.68. The standard InChI is InChI=1S/C20H23N7O/c1-26-18-11-13(3-8-17(18)23-25-26)16-9-10-27-19(16)12-21-20(24-27)22-14-4-6-15(28-2)7-5-14/h3,8-12,14-15H,4-7H2,1-2H3,(H,22,24)/t14-,15-. The van der Waals surface area contributed by atoms with E-state index in [0.29, 0.717) is 18.1 Å². The van der Waals surface area contributed by atoms with Crippen LogP contribution in [0.5, 0.6) is 0 Å². The Morgan fingerprint density at radius 3 is 2.79 bits per heavy atom. The average Bonchev–Trinajstić information content (AvgIpc) is 3.32. The molecule has 1 N–H and O–H groups in total. The van der Waals surface area contributed by atoms with Crippen LogP contribution in [0.2, 0.25) is 0 Å². The van der Waals surface area contributed by atoms with Gasteiger partial charge in [0.25, 0.3) is 0 Å². The first-order chi connectivity index (χ1) is 13.7. The first-order valence-electron chi connectivity index (χ1n) is 9.65. The fraction of sp³-hybridized carbons (Fsp3) is 0.400. The fourth-order valence-electron chi connectivity index (χ4n) is 4.03. The number of nitrogens with one attached hydrogen (secondary N) is 1. The molecule has 28 heavy (non-hydrogen) atoms. The summed E-state index contributed by atoms with van der Waals surface area (Å²) in [4.78, 5) is 4.56. The normalized spacial score (nSPS) is 20.1. The molecule has 0 radical (unpaired) electrons. The Morgan fingerprint density at radius 1 is 1.11 bits per heavy atom. The van der Waals surface area contributed by atoms with Crippen LogP contribution in [0, 0.1) is 0 Å². The molecule has 0 spiro atoms. The van der Waals surface area contributed by atoms with Gasteiger partial charge in [0, 0.05) is 32.0 Å². The van der Waals surface area contributed by atoms with Gasteiger partial charge in [0.15, 0.2) is 0 Å². The van der Waals surface area contributed by atoms with E-state index in [-0.39, 0.29) is 0 Å². The summed E-state index contributed by atoms with van der Waals surface area (Å²) in [6.07, 6.45) is 8.57. The Hall–Kier alpha value is -3.00. The minimum atomic E-state index is 0.389. The molecule has 1 saturated carbocycles. The molecular weight excluding hydrogens is 354 g/mol. The van der Waals surface area contributed by atoms with E-state index in [1.165, 1.54) is 0 Å². The third kappa shape index (κ3) is 2.99. The zero-order chi connectivity index (χ0) is 19.1. The number of rotatable bonds is 4. The quantitative estimate of drug-likeness (QED) is 0.589. The molecule has 3 heterocycles. The zero-order valence-corrected chi connectivity index (χ0v) is 16.0. The van der Waals surface area contributed by atoms with Crippen molar-refractivity contribution >= 4 is 22.5 Å². The lowest BCUT2D eigenvalue weighted by molar-refractivity contribution is 0.0681. The highest BCUT2D eigenvalue weighted by Gasteiger charge is 2.21. The number of hydrogen-bond acceptors (Lipinski definition) is 6. The number of hydrogen-bond donors (Lipinski definition) is 1. The molecule has 8 heteroatoms. The molecule has 0 saturated heterocycles. The molecule has 0 amide bonds. The molecule has 1 aliphatic rings. The Bertz CT molecular complexity index is 1120. The molecule has 0 unspecified atom stereocenters. The number of nitrogens with zero attached hydrogens (tertiary/aromatic N) is 6. The highest BCUT2D eigenvalue weighted by molar-refractivity contribution is 5.87. The van der Waals surface area contributed by atoms with Crippen LogP contribution in [0.15, 0.2) is 36.7 Å². The number of fused-ring (bicyclic) bond motifs is 2. The summed E-state index contributed by atoms with van der Waals surface area (Å²) < 4.78 is 9.12. The fourth-order valence-corrected chi connectivity index (χ4v) is 4.03. The molecule has 1 aliphatic carbocycles. The van der Waals surface area contributed by atoms with Crippen molar-refractivity contribution in [1.29, 1.82) is 0 Å². The van der Waals surface area contributed by atoms with E-state index in [1.54, 1.807) is 11.8 Å². The van der Waals surface area contributed by atoms with E-state index in [4.69, 9.17) is 4.74 Å². The van der Waals surface area contributed by atoms with Crippen molar-refractivity contribution in [1.82, 2.24) is 29.6 Å². The van der Waals surface area contributed by atoms with Crippen molar-refractivity contribution in [3.63, 3.8) is 0 Å². The zero-order valence-electron chi connectivity index (χ0n) is 16.0. The van der Waals surface area contributed by atoms with Gasteiger partial charge in [-0.1, -0.05) is 11.3 Å². The first kappa shape index (κ1) is 17.1. The van der Waals surface area contributed by atoms with Gasteiger partial charge in [-0.2, -0.15) is 0 Å². The van der Waals surface area contributed by atoms with Gasteiger partial charge in [-0.05, 0) is 49.4 Å². The summed E-state index contributed by atoms with van der Waals surface area (Å²) in [7, 11) is 3.69. The number of ether oxygens (including phenoxy) is 1. The molecule has 0 bridgehead atoms. The lowest BCUT2D eigenvalue weighted by Gasteiger charge is -2.28. The SMILES string of the molecule is CO[C@H]1CC[C@H](Nc2ncc3c(-c4ccc5nnn(C)c5c4)ccn3n2)CC1. The van der Waals surface area contributed by atoms with Gasteiger partial charge in [-0.3, -0.25) is 0 Å². The number of benzene rings is 1. The average molecular weight is 377 g/mol. The van der Waals surface area contributed by atoms with Crippen molar-refractivity contribution < 1.29 is 4.74 Å². The molecule has 0 atom stereocenters. The van der Waals surface area contributed by atoms with Crippen LogP contribution in [0.25, 0.3) is 27.7 Å². The second-order valence-electron chi connectivity index (χ2n) is 7.41. The second kappa shape index (κ2) is 6.87. The Labute approximate surface area is 162 Å². The minimum absolute atomic E-state index is 0.389. The first-order valence-corrected chi connectivity index (χ1v) is 9.65. The van der Waals surface area contributed by atoms with E-state index >= 15 is 0 Å². The molecular formula is C20H23N7O. The van der Waals surface area contributed by atoms with Crippen LogP contribution >= 0.6 is 0 Å². The van der Waals surface area contributed by atoms with Crippen molar-refractivity contribution in [3.05, 3.63) is 36.7 Å². The molecule has 1 aromatic carbocycles. The number of methoxy groups -OCH3 is 1. The summed E-state index contributed by atoms with van der Waals surface area (Å²) in [5.41, 5.74) is 5.06. The van der Waals surface area contributed by atoms with Gasteiger partial charge >= 0.3 is 0 Å². The van der Waals surface area contributed by atoms with E-state index < -0.39 is 0 Å².